The molecule has 23 heavy (non-hydrogen) atoms. The summed E-state index contributed by atoms with van der Waals surface area (Å²) in [7, 11) is 0. The molecule has 0 radical (unpaired) electrons. The highest BCUT2D eigenvalue weighted by Gasteiger charge is 2.28. The highest BCUT2D eigenvalue weighted by molar-refractivity contribution is 5.99. The topological polar surface area (TPSA) is 68.2 Å². The number of rotatable bonds is 1. The van der Waals surface area contributed by atoms with Crippen molar-refractivity contribution in [1.82, 2.24) is 9.88 Å². The van der Waals surface area contributed by atoms with Gasteiger partial charge in [-0.15, -0.1) is 0 Å². The fraction of sp³-hybridized carbons (Fsp3) is 0.389. The number of aromatic nitrogens is 1. The molecule has 1 N–H and O–H groups in total. The van der Waals surface area contributed by atoms with Crippen molar-refractivity contribution in [1.29, 1.82) is 0 Å². The summed E-state index contributed by atoms with van der Waals surface area (Å²) in [4.78, 5) is 36.0. The van der Waals surface area contributed by atoms with Gasteiger partial charge in [0.2, 0.25) is 11.8 Å². The van der Waals surface area contributed by atoms with Crippen LogP contribution in [0.1, 0.15) is 45.2 Å². The first-order chi connectivity index (χ1) is 10.8. The van der Waals surface area contributed by atoms with Gasteiger partial charge in [0, 0.05) is 18.0 Å². The Morgan fingerprint density at radius 3 is 2.52 bits per heavy atom. The van der Waals surface area contributed by atoms with Crippen molar-refractivity contribution in [2.75, 3.05) is 0 Å². The van der Waals surface area contributed by atoms with Crippen LogP contribution in [0.3, 0.4) is 0 Å². The number of hydrogen-bond acceptors (Lipinski definition) is 3. The van der Waals surface area contributed by atoms with Crippen LogP contribution in [0.5, 0.6) is 0 Å². The third-order valence-corrected chi connectivity index (χ3v) is 4.34. The van der Waals surface area contributed by atoms with Gasteiger partial charge in [-0.1, -0.05) is 32.9 Å². The lowest BCUT2D eigenvalue weighted by molar-refractivity contribution is -0.135. The molecule has 3 rings (SSSR count). The van der Waals surface area contributed by atoms with Crippen LogP contribution in [0, 0.1) is 0 Å². The molecule has 5 nitrogen and oxygen atoms in total. The van der Waals surface area contributed by atoms with Crippen molar-refractivity contribution in [3.63, 3.8) is 0 Å². The second-order valence-electron chi connectivity index (χ2n) is 7.05. The standard InChI is InChI=1S/C18H20N2O3/c1-18(2,3)12-4-5-13-11(10-12)8-9-20(17(13)23)14-6-7-15(21)19-16(14)22/h4-5,8-10,14H,6-7H2,1-3H3,(H,19,21,22). The molecule has 1 saturated heterocycles. The predicted octanol–water partition coefficient (Wildman–Crippen LogP) is 2.28. The summed E-state index contributed by atoms with van der Waals surface area (Å²) in [6, 6.07) is 7.03. The predicted molar refractivity (Wildman–Crippen MR) is 88.3 cm³/mol. The first-order valence-electron chi connectivity index (χ1n) is 7.76. The van der Waals surface area contributed by atoms with E-state index in [-0.39, 0.29) is 23.3 Å². The normalized spacial score (nSPS) is 19.0. The minimum absolute atomic E-state index is 0.00662. The highest BCUT2D eigenvalue weighted by atomic mass is 16.2. The fourth-order valence-corrected chi connectivity index (χ4v) is 2.92. The molecule has 0 bridgehead atoms. The van der Waals surface area contributed by atoms with Gasteiger partial charge < -0.3 is 4.57 Å². The summed E-state index contributed by atoms with van der Waals surface area (Å²) in [5.41, 5.74) is 0.966. The zero-order valence-corrected chi connectivity index (χ0v) is 13.6. The lowest BCUT2D eigenvalue weighted by atomic mass is 9.86. The van der Waals surface area contributed by atoms with Crippen molar-refractivity contribution in [3.8, 4) is 0 Å². The molecule has 2 heterocycles. The molecule has 1 aromatic carbocycles. The number of fused-ring (bicyclic) bond motifs is 1. The summed E-state index contributed by atoms with van der Waals surface area (Å²) in [6.07, 6.45) is 2.26. The van der Waals surface area contributed by atoms with E-state index in [1.54, 1.807) is 6.20 Å². The third kappa shape index (κ3) is 2.79. The molecular formula is C18H20N2O3. The monoisotopic (exact) mass is 312 g/mol. The van der Waals surface area contributed by atoms with Crippen molar-refractivity contribution >= 4 is 22.6 Å². The maximum absolute atomic E-state index is 12.7. The maximum Gasteiger partial charge on any atom is 0.259 e. The van der Waals surface area contributed by atoms with Crippen LogP contribution in [0.25, 0.3) is 10.8 Å². The molecule has 5 heteroatoms. The first-order valence-corrected chi connectivity index (χ1v) is 7.76. The first kappa shape index (κ1) is 15.5. The summed E-state index contributed by atoms with van der Waals surface area (Å²) in [6.45, 7) is 6.37. The molecule has 1 unspecified atom stereocenters. The largest absolute Gasteiger partial charge is 0.302 e. The molecule has 1 atom stereocenters. The van der Waals surface area contributed by atoms with Crippen LogP contribution in [0.2, 0.25) is 0 Å². The Morgan fingerprint density at radius 2 is 1.87 bits per heavy atom. The summed E-state index contributed by atoms with van der Waals surface area (Å²) in [5, 5.41) is 3.75. The van der Waals surface area contributed by atoms with Gasteiger partial charge in [-0.3, -0.25) is 19.7 Å². The number of hydrogen-bond donors (Lipinski definition) is 1. The average Bonchev–Trinajstić information content (AvgIpc) is 2.47. The Morgan fingerprint density at radius 1 is 1.13 bits per heavy atom. The molecular weight excluding hydrogens is 292 g/mol. The lowest BCUT2D eigenvalue weighted by Crippen LogP contribution is -2.44. The average molecular weight is 312 g/mol. The van der Waals surface area contributed by atoms with E-state index in [1.807, 2.05) is 24.3 Å². The number of carbonyl (C=O) groups is 2. The minimum Gasteiger partial charge on any atom is -0.302 e. The van der Waals surface area contributed by atoms with E-state index in [0.717, 1.165) is 10.9 Å². The molecule has 0 spiro atoms. The second-order valence-corrected chi connectivity index (χ2v) is 7.05. The molecule has 2 amide bonds. The van der Waals surface area contributed by atoms with Crippen molar-refractivity contribution in [2.45, 2.75) is 45.1 Å². The van der Waals surface area contributed by atoms with Crippen LogP contribution in [-0.2, 0) is 15.0 Å². The van der Waals surface area contributed by atoms with Crippen LogP contribution in [0.4, 0.5) is 0 Å². The molecule has 2 aromatic rings. The molecule has 1 fully saturated rings. The lowest BCUT2D eigenvalue weighted by Gasteiger charge is -2.23. The summed E-state index contributed by atoms with van der Waals surface area (Å²) in [5.74, 6) is -0.691. The summed E-state index contributed by atoms with van der Waals surface area (Å²) >= 11 is 0. The Bertz CT molecular complexity index is 859. The van der Waals surface area contributed by atoms with E-state index < -0.39 is 11.9 Å². The van der Waals surface area contributed by atoms with Crippen molar-refractivity contribution in [2.24, 2.45) is 0 Å². The Hall–Kier alpha value is -2.43. The van der Waals surface area contributed by atoms with Gasteiger partial charge in [0.1, 0.15) is 6.04 Å². The maximum atomic E-state index is 12.7. The van der Waals surface area contributed by atoms with Gasteiger partial charge in [-0.25, -0.2) is 0 Å². The number of amides is 2. The molecule has 1 aromatic heterocycles. The highest BCUT2D eigenvalue weighted by Crippen LogP contribution is 2.25. The molecule has 120 valence electrons. The number of imide groups is 1. The minimum atomic E-state index is -0.619. The Balaban J connectivity index is 2.08. The van der Waals surface area contributed by atoms with Gasteiger partial charge in [0.25, 0.3) is 5.56 Å². The number of nitrogens with zero attached hydrogens (tertiary/aromatic N) is 1. The Labute approximate surface area is 134 Å². The zero-order valence-electron chi connectivity index (χ0n) is 13.6. The van der Waals surface area contributed by atoms with E-state index >= 15 is 0 Å². The van der Waals surface area contributed by atoms with Crippen molar-refractivity contribution in [3.05, 3.63) is 46.4 Å². The number of benzene rings is 1. The van der Waals surface area contributed by atoms with E-state index in [4.69, 9.17) is 0 Å². The zero-order chi connectivity index (χ0) is 16.8. The van der Waals surface area contributed by atoms with E-state index in [0.29, 0.717) is 11.8 Å². The Kier molecular flexibility index (Phi) is 3.59. The van der Waals surface area contributed by atoms with Crippen LogP contribution >= 0.6 is 0 Å². The van der Waals surface area contributed by atoms with E-state index in [1.165, 1.54) is 4.57 Å². The van der Waals surface area contributed by atoms with Crippen molar-refractivity contribution < 1.29 is 9.59 Å². The fourth-order valence-electron chi connectivity index (χ4n) is 2.92. The molecule has 1 aliphatic heterocycles. The smallest absolute Gasteiger partial charge is 0.259 e. The second kappa shape index (κ2) is 5.33. The van der Waals surface area contributed by atoms with Gasteiger partial charge in [0.15, 0.2) is 0 Å². The van der Waals surface area contributed by atoms with Crippen LogP contribution in [-0.4, -0.2) is 16.4 Å². The summed E-state index contributed by atoms with van der Waals surface area (Å²) < 4.78 is 1.43. The molecule has 0 aliphatic carbocycles. The van der Waals surface area contributed by atoms with Crippen LogP contribution < -0.4 is 10.9 Å². The van der Waals surface area contributed by atoms with E-state index in [9.17, 15) is 14.4 Å². The molecule has 1 aliphatic rings. The van der Waals surface area contributed by atoms with Crippen LogP contribution in [0.15, 0.2) is 35.3 Å². The third-order valence-electron chi connectivity index (χ3n) is 4.34. The van der Waals surface area contributed by atoms with Gasteiger partial charge in [0.05, 0.1) is 0 Å². The number of piperidine rings is 1. The van der Waals surface area contributed by atoms with Gasteiger partial charge in [-0.2, -0.15) is 0 Å². The quantitative estimate of drug-likeness (QED) is 0.821. The van der Waals surface area contributed by atoms with Gasteiger partial charge in [-0.05, 0) is 34.9 Å². The number of carbonyl (C=O) groups excluding carboxylic acids is 2. The number of nitrogens with one attached hydrogen (secondary N) is 1. The van der Waals surface area contributed by atoms with E-state index in [2.05, 4.69) is 26.1 Å². The molecule has 0 saturated carbocycles. The van der Waals surface area contributed by atoms with Gasteiger partial charge >= 0.3 is 0 Å². The number of pyridine rings is 1. The SMILES string of the molecule is CC(C)(C)c1ccc2c(=O)n(C3CCC(=O)NC3=O)ccc2c1.